The van der Waals surface area contributed by atoms with Crippen molar-refractivity contribution < 1.29 is 32.9 Å². The van der Waals surface area contributed by atoms with Crippen molar-refractivity contribution >= 4 is 23.2 Å². The number of halogens is 2. The summed E-state index contributed by atoms with van der Waals surface area (Å²) in [5.74, 6) is -0.422. The number of ether oxygens (including phenoxy) is 4. The highest BCUT2D eigenvalue weighted by atomic mass is 35.5. The van der Waals surface area contributed by atoms with Gasteiger partial charge in [0.1, 0.15) is 34.0 Å². The van der Waals surface area contributed by atoms with Gasteiger partial charge in [0, 0.05) is 30.4 Å². The number of benzene rings is 2. The zero-order valence-corrected chi connectivity index (χ0v) is 18.4. The van der Waals surface area contributed by atoms with E-state index in [0.29, 0.717) is 16.9 Å². The molecule has 32 heavy (non-hydrogen) atoms. The maximum atomic E-state index is 13.9. The SMILES string of the molecule is COc1cc(OC)c2c(c1Cl)O[C@]1(C2=O)C2=C(C[C@@H](c3ccc(F)cc3)O2)C(=O)C[C@H]1C. The monoisotopic (exact) mass is 458 g/mol. The largest absolute Gasteiger partial charge is 0.496 e. The number of hydrogen-bond acceptors (Lipinski definition) is 6. The van der Waals surface area contributed by atoms with Crippen molar-refractivity contribution in [1.29, 1.82) is 0 Å². The molecule has 0 fully saturated rings. The number of ketones is 2. The molecule has 2 aromatic carbocycles. The molecule has 0 unspecified atom stereocenters. The number of Topliss-reactive ketones (excluding diaryl/α,β-unsaturated/α-hetero) is 2. The van der Waals surface area contributed by atoms with E-state index in [-0.39, 0.29) is 58.1 Å². The summed E-state index contributed by atoms with van der Waals surface area (Å²) in [5, 5.41) is 0.146. The average Bonchev–Trinajstić information content (AvgIpc) is 3.36. The van der Waals surface area contributed by atoms with Crippen LogP contribution < -0.4 is 14.2 Å². The lowest BCUT2D eigenvalue weighted by Gasteiger charge is -2.37. The summed E-state index contributed by atoms with van der Waals surface area (Å²) in [4.78, 5) is 26.8. The van der Waals surface area contributed by atoms with Gasteiger partial charge < -0.3 is 18.9 Å². The summed E-state index contributed by atoms with van der Waals surface area (Å²) < 4.78 is 36.7. The lowest BCUT2D eigenvalue weighted by atomic mass is 9.73. The molecule has 1 spiro atoms. The van der Waals surface area contributed by atoms with Gasteiger partial charge in [-0.05, 0) is 17.7 Å². The standard InChI is InChI=1S/C24H20ClFO6/c1-11-8-15(27)14-9-16(12-4-6-13(26)7-5-12)31-23(14)24(11)22(28)19-17(29-2)10-18(30-3)20(25)21(19)32-24/h4-7,10-11,16H,8-9H2,1-3H3/t11-,16+,24-/m1/s1. The Bertz CT molecular complexity index is 1190. The second kappa shape index (κ2) is 7.24. The van der Waals surface area contributed by atoms with Gasteiger partial charge in [0.2, 0.25) is 11.4 Å². The summed E-state index contributed by atoms with van der Waals surface area (Å²) in [6, 6.07) is 7.42. The van der Waals surface area contributed by atoms with Crippen LogP contribution in [0.2, 0.25) is 5.02 Å². The summed E-state index contributed by atoms with van der Waals surface area (Å²) in [7, 11) is 2.89. The second-order valence-electron chi connectivity index (χ2n) is 8.16. The molecule has 8 heteroatoms. The first-order valence-electron chi connectivity index (χ1n) is 10.2. The molecule has 0 N–H and O–H groups in total. The Morgan fingerprint density at radius 3 is 2.44 bits per heavy atom. The molecule has 166 valence electrons. The predicted octanol–water partition coefficient (Wildman–Crippen LogP) is 4.83. The van der Waals surface area contributed by atoms with Gasteiger partial charge in [0.05, 0.1) is 14.2 Å². The second-order valence-corrected chi connectivity index (χ2v) is 8.54. The molecule has 0 radical (unpaired) electrons. The third kappa shape index (κ3) is 2.70. The van der Waals surface area contributed by atoms with Crippen molar-refractivity contribution in [1.82, 2.24) is 0 Å². The third-order valence-corrected chi connectivity index (χ3v) is 6.80. The highest BCUT2D eigenvalue weighted by Gasteiger charge is 2.63. The molecular weight excluding hydrogens is 439 g/mol. The molecule has 0 aromatic heterocycles. The van der Waals surface area contributed by atoms with Gasteiger partial charge in [-0.15, -0.1) is 0 Å². The number of carbonyl (C=O) groups excluding carboxylic acids is 2. The van der Waals surface area contributed by atoms with Crippen molar-refractivity contribution in [2.45, 2.75) is 31.5 Å². The minimum Gasteiger partial charge on any atom is -0.496 e. The zero-order valence-electron chi connectivity index (χ0n) is 17.7. The Labute approximate surface area is 188 Å². The average molecular weight is 459 g/mol. The van der Waals surface area contributed by atoms with E-state index in [4.69, 9.17) is 30.5 Å². The van der Waals surface area contributed by atoms with Crippen LogP contribution in [0.5, 0.6) is 17.2 Å². The normalized spacial score (nSPS) is 26.0. The summed E-state index contributed by atoms with van der Waals surface area (Å²) >= 11 is 6.49. The van der Waals surface area contributed by atoms with Crippen molar-refractivity contribution in [2.75, 3.05) is 14.2 Å². The van der Waals surface area contributed by atoms with E-state index in [1.54, 1.807) is 19.1 Å². The van der Waals surface area contributed by atoms with Gasteiger partial charge in [0.15, 0.2) is 17.3 Å². The van der Waals surface area contributed by atoms with Crippen molar-refractivity contribution in [3.63, 3.8) is 0 Å². The van der Waals surface area contributed by atoms with E-state index >= 15 is 0 Å². The van der Waals surface area contributed by atoms with Crippen LogP contribution >= 0.6 is 11.6 Å². The van der Waals surface area contributed by atoms with Gasteiger partial charge in [-0.1, -0.05) is 30.7 Å². The first-order chi connectivity index (χ1) is 15.3. The fourth-order valence-electron chi connectivity index (χ4n) is 4.79. The Morgan fingerprint density at radius 1 is 1.09 bits per heavy atom. The van der Waals surface area contributed by atoms with Crippen molar-refractivity contribution in [3.8, 4) is 17.2 Å². The molecule has 3 aliphatic rings. The lowest BCUT2D eigenvalue weighted by Crippen LogP contribution is -2.52. The van der Waals surface area contributed by atoms with Crippen molar-refractivity contribution in [3.05, 3.63) is 63.6 Å². The Morgan fingerprint density at radius 2 is 1.78 bits per heavy atom. The number of fused-ring (bicyclic) bond motifs is 2. The predicted molar refractivity (Wildman–Crippen MR) is 113 cm³/mol. The Kier molecular flexibility index (Phi) is 4.71. The Balaban J connectivity index is 1.63. The molecule has 2 aromatic rings. The summed E-state index contributed by atoms with van der Waals surface area (Å²) in [6.07, 6.45) is -0.136. The Hall–Kier alpha value is -3.06. The molecule has 1 aliphatic carbocycles. The minimum absolute atomic E-state index is 0.0919. The van der Waals surface area contributed by atoms with Crippen LogP contribution in [0, 0.1) is 11.7 Å². The van der Waals surface area contributed by atoms with Crippen LogP contribution in [0.25, 0.3) is 0 Å². The van der Waals surface area contributed by atoms with Crippen molar-refractivity contribution in [2.24, 2.45) is 5.92 Å². The van der Waals surface area contributed by atoms with E-state index in [1.807, 2.05) is 0 Å². The lowest BCUT2D eigenvalue weighted by molar-refractivity contribution is -0.119. The quantitative estimate of drug-likeness (QED) is 0.655. The van der Waals surface area contributed by atoms with Gasteiger partial charge in [0.25, 0.3) is 0 Å². The van der Waals surface area contributed by atoms with Crippen LogP contribution in [0.3, 0.4) is 0 Å². The fraction of sp³-hybridized carbons (Fsp3) is 0.333. The van der Waals surface area contributed by atoms with Gasteiger partial charge in [-0.3, -0.25) is 9.59 Å². The molecule has 2 aliphatic heterocycles. The third-order valence-electron chi connectivity index (χ3n) is 6.44. The first kappa shape index (κ1) is 20.8. The maximum absolute atomic E-state index is 13.9. The highest BCUT2D eigenvalue weighted by Crippen LogP contribution is 2.58. The van der Waals surface area contributed by atoms with E-state index in [2.05, 4.69) is 0 Å². The van der Waals surface area contributed by atoms with Crippen LogP contribution in [0.4, 0.5) is 4.39 Å². The van der Waals surface area contributed by atoms with E-state index in [9.17, 15) is 14.0 Å². The summed E-state index contributed by atoms with van der Waals surface area (Å²) in [5.41, 5.74) is -0.221. The highest BCUT2D eigenvalue weighted by molar-refractivity contribution is 6.35. The van der Waals surface area contributed by atoms with E-state index in [1.165, 1.54) is 32.4 Å². The molecular formula is C24H20ClFO6. The van der Waals surface area contributed by atoms with Gasteiger partial charge >= 0.3 is 0 Å². The molecule has 0 saturated carbocycles. The van der Waals surface area contributed by atoms with Crippen LogP contribution in [-0.2, 0) is 9.53 Å². The van der Waals surface area contributed by atoms with Gasteiger partial charge in [-0.25, -0.2) is 4.39 Å². The topological polar surface area (TPSA) is 71.1 Å². The molecule has 6 nitrogen and oxygen atoms in total. The fourth-order valence-corrected chi connectivity index (χ4v) is 5.06. The molecule has 0 amide bonds. The number of carbonyl (C=O) groups is 2. The van der Waals surface area contributed by atoms with E-state index in [0.717, 1.165) is 0 Å². The number of rotatable bonds is 3. The molecule has 5 rings (SSSR count). The minimum atomic E-state index is -1.54. The number of methoxy groups -OCH3 is 2. The molecule has 3 atom stereocenters. The zero-order chi connectivity index (χ0) is 22.8. The molecule has 2 heterocycles. The smallest absolute Gasteiger partial charge is 0.231 e. The van der Waals surface area contributed by atoms with Crippen LogP contribution in [0.1, 0.15) is 41.8 Å². The summed E-state index contributed by atoms with van der Waals surface area (Å²) in [6.45, 7) is 1.78. The molecule has 0 bridgehead atoms. The first-order valence-corrected chi connectivity index (χ1v) is 10.6. The van der Waals surface area contributed by atoms with Gasteiger partial charge in [-0.2, -0.15) is 0 Å². The van der Waals surface area contributed by atoms with Crippen LogP contribution in [-0.4, -0.2) is 31.4 Å². The van der Waals surface area contributed by atoms with Crippen LogP contribution in [0.15, 0.2) is 41.7 Å². The van der Waals surface area contributed by atoms with E-state index < -0.39 is 17.6 Å². The molecule has 0 saturated heterocycles. The number of hydrogen-bond donors (Lipinski definition) is 0. The maximum Gasteiger partial charge on any atom is 0.231 e.